The molecule has 1 heterocycles. The van der Waals surface area contributed by atoms with Gasteiger partial charge in [0.1, 0.15) is 5.75 Å². The molecule has 1 aromatic heterocycles. The van der Waals surface area contributed by atoms with Crippen molar-refractivity contribution in [3.05, 3.63) is 42.1 Å². The number of aromatic hydroxyl groups is 1. The third-order valence-corrected chi connectivity index (χ3v) is 2.39. The molecule has 0 spiro atoms. The average Bonchev–Trinajstić information content (AvgIpc) is 2.28. The highest BCUT2D eigenvalue weighted by Gasteiger charge is 2.34. The Morgan fingerprint density at radius 2 is 1.89 bits per heavy atom. The number of nitrogen functional groups attached to an aromatic ring is 1. The molecule has 3 N–H and O–H groups in total. The van der Waals surface area contributed by atoms with Crippen molar-refractivity contribution in [1.29, 1.82) is 0 Å². The molecule has 0 amide bonds. The maximum Gasteiger partial charge on any atom is 0.418 e. The molecule has 94 valence electrons. The van der Waals surface area contributed by atoms with E-state index in [0.29, 0.717) is 0 Å². The molecule has 6 heteroatoms. The van der Waals surface area contributed by atoms with Gasteiger partial charge in [-0.15, -0.1) is 0 Å². The molecule has 0 saturated carbocycles. The van der Waals surface area contributed by atoms with Gasteiger partial charge in [0.15, 0.2) is 0 Å². The van der Waals surface area contributed by atoms with Gasteiger partial charge in [0, 0.05) is 23.5 Å². The van der Waals surface area contributed by atoms with Crippen LogP contribution in [0.25, 0.3) is 11.3 Å². The summed E-state index contributed by atoms with van der Waals surface area (Å²) in [7, 11) is 0. The fourth-order valence-electron chi connectivity index (χ4n) is 1.60. The lowest BCUT2D eigenvalue weighted by atomic mass is 10.0. The van der Waals surface area contributed by atoms with E-state index in [0.717, 1.165) is 6.07 Å². The van der Waals surface area contributed by atoms with Crippen molar-refractivity contribution in [2.75, 3.05) is 5.73 Å². The highest BCUT2D eigenvalue weighted by molar-refractivity contribution is 5.72. The van der Waals surface area contributed by atoms with E-state index in [1.807, 2.05) is 0 Å². The van der Waals surface area contributed by atoms with E-state index in [2.05, 4.69) is 4.98 Å². The summed E-state index contributed by atoms with van der Waals surface area (Å²) >= 11 is 0. The van der Waals surface area contributed by atoms with E-state index in [-0.39, 0.29) is 22.7 Å². The number of benzene rings is 1. The number of halogens is 3. The summed E-state index contributed by atoms with van der Waals surface area (Å²) in [5.41, 5.74) is 4.47. The number of hydrogen-bond donors (Lipinski definition) is 2. The molecule has 0 bridgehead atoms. The molecular formula is C12H9F3N2O. The van der Waals surface area contributed by atoms with E-state index in [9.17, 15) is 18.3 Å². The lowest BCUT2D eigenvalue weighted by molar-refractivity contribution is -0.137. The Bertz CT molecular complexity index is 582. The summed E-state index contributed by atoms with van der Waals surface area (Å²) in [6, 6.07) is 6.01. The molecule has 0 aliphatic carbocycles. The average molecular weight is 254 g/mol. The molecule has 2 aromatic rings. The van der Waals surface area contributed by atoms with Gasteiger partial charge < -0.3 is 10.8 Å². The topological polar surface area (TPSA) is 59.1 Å². The van der Waals surface area contributed by atoms with E-state index in [1.54, 1.807) is 0 Å². The zero-order chi connectivity index (χ0) is 13.3. The van der Waals surface area contributed by atoms with Crippen molar-refractivity contribution in [1.82, 2.24) is 4.98 Å². The van der Waals surface area contributed by atoms with Crippen molar-refractivity contribution in [2.24, 2.45) is 0 Å². The fourth-order valence-corrected chi connectivity index (χ4v) is 1.60. The van der Waals surface area contributed by atoms with Gasteiger partial charge in [-0.25, -0.2) is 0 Å². The number of rotatable bonds is 1. The predicted octanol–water partition coefficient (Wildman–Crippen LogP) is 3.06. The molecule has 3 nitrogen and oxygen atoms in total. The third kappa shape index (κ3) is 2.22. The van der Waals surface area contributed by atoms with Crippen LogP contribution in [0.3, 0.4) is 0 Å². The first-order chi connectivity index (χ1) is 8.39. The summed E-state index contributed by atoms with van der Waals surface area (Å²) in [6.45, 7) is 0. The highest BCUT2D eigenvalue weighted by atomic mass is 19.4. The minimum absolute atomic E-state index is 0.00266. The number of anilines is 1. The van der Waals surface area contributed by atoms with Crippen LogP contribution < -0.4 is 5.73 Å². The molecule has 0 radical (unpaired) electrons. The third-order valence-electron chi connectivity index (χ3n) is 2.39. The quantitative estimate of drug-likeness (QED) is 0.769. The van der Waals surface area contributed by atoms with Gasteiger partial charge in [-0.05, 0) is 24.3 Å². The number of phenols is 1. The lowest BCUT2D eigenvalue weighted by Gasteiger charge is -2.12. The van der Waals surface area contributed by atoms with E-state index in [4.69, 9.17) is 5.73 Å². The normalized spacial score (nSPS) is 11.5. The minimum atomic E-state index is -4.53. The zero-order valence-corrected chi connectivity index (χ0v) is 9.07. The lowest BCUT2D eigenvalue weighted by Crippen LogP contribution is -2.08. The van der Waals surface area contributed by atoms with Crippen LogP contribution in [0.2, 0.25) is 0 Å². The van der Waals surface area contributed by atoms with Gasteiger partial charge in [-0.2, -0.15) is 13.2 Å². The maximum absolute atomic E-state index is 12.8. The second-order valence-electron chi connectivity index (χ2n) is 3.67. The van der Waals surface area contributed by atoms with Crippen molar-refractivity contribution in [2.45, 2.75) is 6.18 Å². The molecule has 0 aliphatic rings. The zero-order valence-electron chi connectivity index (χ0n) is 9.07. The maximum atomic E-state index is 12.8. The minimum Gasteiger partial charge on any atom is -0.507 e. The Hall–Kier alpha value is -2.24. The van der Waals surface area contributed by atoms with Crippen LogP contribution in [0.1, 0.15) is 5.56 Å². The van der Waals surface area contributed by atoms with Gasteiger partial charge in [0.2, 0.25) is 0 Å². The summed E-state index contributed by atoms with van der Waals surface area (Å²) in [4.78, 5) is 3.69. The van der Waals surface area contributed by atoms with Crippen LogP contribution in [-0.2, 0) is 6.18 Å². The van der Waals surface area contributed by atoms with Crippen LogP contribution >= 0.6 is 0 Å². The number of nitrogens with two attached hydrogens (primary N) is 1. The number of alkyl halides is 3. The first kappa shape index (κ1) is 12.2. The Morgan fingerprint density at radius 1 is 1.17 bits per heavy atom. The molecular weight excluding hydrogens is 245 g/mol. The first-order valence-electron chi connectivity index (χ1n) is 5.00. The van der Waals surface area contributed by atoms with Gasteiger partial charge >= 0.3 is 6.18 Å². The monoisotopic (exact) mass is 254 g/mol. The molecule has 0 unspecified atom stereocenters. The van der Waals surface area contributed by atoms with E-state index >= 15 is 0 Å². The Morgan fingerprint density at radius 3 is 2.50 bits per heavy atom. The molecule has 2 rings (SSSR count). The van der Waals surface area contributed by atoms with Crippen molar-refractivity contribution >= 4 is 5.69 Å². The number of pyridine rings is 1. The van der Waals surface area contributed by atoms with Crippen LogP contribution in [0.4, 0.5) is 18.9 Å². The second-order valence-corrected chi connectivity index (χ2v) is 3.67. The van der Waals surface area contributed by atoms with Crippen LogP contribution in [-0.4, -0.2) is 10.1 Å². The number of hydrogen-bond acceptors (Lipinski definition) is 3. The highest BCUT2D eigenvalue weighted by Crippen LogP contribution is 2.38. The standard InChI is InChI=1S/C12H9F3N2O/c13-12(14,15)9-2-1-5-17-11(9)8-4-3-7(16)6-10(8)18/h1-6,18H,16H2. The summed E-state index contributed by atoms with van der Waals surface area (Å²) in [6.07, 6.45) is -3.29. The fraction of sp³-hybridized carbons (Fsp3) is 0.0833. The Balaban J connectivity index is 2.64. The first-order valence-corrected chi connectivity index (χ1v) is 5.00. The Labute approximate surface area is 101 Å². The smallest absolute Gasteiger partial charge is 0.418 e. The number of phenolic OH excluding ortho intramolecular Hbond substituents is 1. The molecule has 0 saturated heterocycles. The predicted molar refractivity (Wildman–Crippen MR) is 60.8 cm³/mol. The molecule has 0 fully saturated rings. The molecule has 0 aliphatic heterocycles. The largest absolute Gasteiger partial charge is 0.507 e. The van der Waals surface area contributed by atoms with E-state index in [1.165, 1.54) is 30.5 Å². The molecule has 0 atom stereocenters. The SMILES string of the molecule is Nc1ccc(-c2ncccc2C(F)(F)F)c(O)c1. The van der Waals surface area contributed by atoms with Gasteiger partial charge in [-0.3, -0.25) is 4.98 Å². The van der Waals surface area contributed by atoms with Gasteiger partial charge in [0.25, 0.3) is 0 Å². The summed E-state index contributed by atoms with van der Waals surface area (Å²) in [5.74, 6) is -0.334. The molecule has 18 heavy (non-hydrogen) atoms. The van der Waals surface area contributed by atoms with Crippen LogP contribution in [0, 0.1) is 0 Å². The summed E-state index contributed by atoms with van der Waals surface area (Å²) < 4.78 is 38.4. The summed E-state index contributed by atoms with van der Waals surface area (Å²) in [5, 5.41) is 9.65. The van der Waals surface area contributed by atoms with Crippen LogP contribution in [0.15, 0.2) is 36.5 Å². The Kier molecular flexibility index (Phi) is 2.86. The van der Waals surface area contributed by atoms with Crippen molar-refractivity contribution in [3.63, 3.8) is 0 Å². The second kappa shape index (κ2) is 4.21. The van der Waals surface area contributed by atoms with Gasteiger partial charge in [-0.1, -0.05) is 0 Å². The van der Waals surface area contributed by atoms with Crippen LogP contribution in [0.5, 0.6) is 5.75 Å². The van der Waals surface area contributed by atoms with Crippen molar-refractivity contribution in [3.8, 4) is 17.0 Å². The van der Waals surface area contributed by atoms with Crippen molar-refractivity contribution < 1.29 is 18.3 Å². The number of nitrogens with zero attached hydrogens (tertiary/aromatic N) is 1. The van der Waals surface area contributed by atoms with Gasteiger partial charge in [0.05, 0.1) is 11.3 Å². The molecule has 1 aromatic carbocycles. The van der Waals surface area contributed by atoms with E-state index < -0.39 is 11.7 Å². The number of aromatic nitrogens is 1.